The molecule has 0 saturated heterocycles. The molecule has 0 heterocycles. The lowest BCUT2D eigenvalue weighted by Crippen LogP contribution is -2.49. The summed E-state index contributed by atoms with van der Waals surface area (Å²) in [6.45, 7) is 9.98. The van der Waals surface area contributed by atoms with Crippen molar-refractivity contribution in [3.05, 3.63) is 24.3 Å². The first kappa shape index (κ1) is 16.3. The summed E-state index contributed by atoms with van der Waals surface area (Å²) in [6.07, 6.45) is -1.45. The van der Waals surface area contributed by atoms with Gasteiger partial charge in [-0.1, -0.05) is 13.2 Å². The second kappa shape index (κ2) is 6.32. The van der Waals surface area contributed by atoms with Crippen molar-refractivity contribution in [2.45, 2.75) is 32.7 Å². The maximum absolute atomic E-state index is 11.3. The molecule has 0 fully saturated rings. The van der Waals surface area contributed by atoms with Crippen LogP contribution in [0.25, 0.3) is 0 Å². The number of esters is 2. The second-order valence-corrected chi connectivity index (χ2v) is 4.05. The normalized spacial score (nSPS) is 15.2. The molecular weight excluding hydrogens is 240 g/mol. The Hall–Kier alpha value is -1.66. The summed E-state index contributed by atoms with van der Waals surface area (Å²) in [5.74, 6) is -3.98. The minimum absolute atomic E-state index is 0.0419. The molecule has 6 heteroatoms. The van der Waals surface area contributed by atoms with Crippen LogP contribution >= 0.6 is 0 Å². The van der Waals surface area contributed by atoms with Gasteiger partial charge in [-0.2, -0.15) is 0 Å². The van der Waals surface area contributed by atoms with Crippen LogP contribution in [0.15, 0.2) is 24.3 Å². The molecular formula is C12H18O6. The maximum Gasteiger partial charge on any atom is 0.335 e. The Labute approximate surface area is 106 Å². The fourth-order valence-corrected chi connectivity index (χ4v) is 0.775. The van der Waals surface area contributed by atoms with E-state index in [4.69, 9.17) is 0 Å². The molecule has 0 aliphatic carbocycles. The van der Waals surface area contributed by atoms with Crippen molar-refractivity contribution in [2.75, 3.05) is 6.61 Å². The Kier molecular flexibility index (Phi) is 5.74. The molecule has 0 aromatic heterocycles. The topological polar surface area (TPSA) is 93.1 Å². The fourth-order valence-electron chi connectivity index (χ4n) is 0.775. The Balaban J connectivity index is 4.73. The molecule has 0 rings (SSSR count). The number of aliphatic hydroxyl groups is 2. The van der Waals surface area contributed by atoms with Gasteiger partial charge in [-0.3, -0.25) is 0 Å². The third-order valence-electron chi connectivity index (χ3n) is 2.03. The van der Waals surface area contributed by atoms with Gasteiger partial charge in [0.2, 0.25) is 0 Å². The van der Waals surface area contributed by atoms with Gasteiger partial charge in [0, 0.05) is 11.1 Å². The zero-order valence-corrected chi connectivity index (χ0v) is 10.7. The summed E-state index contributed by atoms with van der Waals surface area (Å²) >= 11 is 0. The van der Waals surface area contributed by atoms with Gasteiger partial charge in [-0.25, -0.2) is 9.59 Å². The zero-order chi connectivity index (χ0) is 14.5. The highest BCUT2D eigenvalue weighted by Crippen LogP contribution is 2.16. The molecule has 0 aromatic rings. The lowest BCUT2D eigenvalue weighted by Gasteiger charge is -2.29. The molecule has 0 aliphatic rings. The summed E-state index contributed by atoms with van der Waals surface area (Å²) in [7, 11) is 0. The van der Waals surface area contributed by atoms with Gasteiger partial charge in [-0.15, -0.1) is 0 Å². The summed E-state index contributed by atoms with van der Waals surface area (Å²) in [4.78, 5) is 22.4. The van der Waals surface area contributed by atoms with Gasteiger partial charge >= 0.3 is 11.9 Å². The van der Waals surface area contributed by atoms with Crippen LogP contribution in [0.4, 0.5) is 0 Å². The van der Waals surface area contributed by atoms with E-state index in [1.54, 1.807) is 0 Å². The minimum Gasteiger partial charge on any atom is -0.455 e. The van der Waals surface area contributed by atoms with Gasteiger partial charge in [0.1, 0.15) is 6.10 Å². The summed E-state index contributed by atoms with van der Waals surface area (Å²) in [5, 5.41) is 19.3. The van der Waals surface area contributed by atoms with Crippen LogP contribution in [0.3, 0.4) is 0 Å². The molecule has 6 nitrogen and oxygen atoms in total. The smallest absolute Gasteiger partial charge is 0.335 e. The van der Waals surface area contributed by atoms with E-state index >= 15 is 0 Å². The van der Waals surface area contributed by atoms with E-state index in [0.717, 1.165) is 0 Å². The van der Waals surface area contributed by atoms with E-state index in [1.807, 2.05) is 0 Å². The van der Waals surface area contributed by atoms with Crippen molar-refractivity contribution in [1.29, 1.82) is 0 Å². The molecule has 0 radical (unpaired) electrons. The van der Waals surface area contributed by atoms with E-state index < -0.39 is 30.4 Å². The molecule has 2 N–H and O–H groups in total. The first-order valence-corrected chi connectivity index (χ1v) is 5.22. The number of hydrogen-bond acceptors (Lipinski definition) is 6. The minimum atomic E-state index is -2.32. The molecule has 102 valence electrons. The number of hydrogen-bond donors (Lipinski definition) is 2. The van der Waals surface area contributed by atoms with Gasteiger partial charge in [0.05, 0.1) is 0 Å². The molecule has 18 heavy (non-hydrogen) atoms. The maximum atomic E-state index is 11.3. The first-order chi connectivity index (χ1) is 8.10. The average Bonchev–Trinajstić information content (AvgIpc) is 2.25. The Morgan fingerprint density at radius 1 is 1.22 bits per heavy atom. The highest BCUT2D eigenvalue weighted by Gasteiger charge is 2.39. The second-order valence-electron chi connectivity index (χ2n) is 4.05. The Morgan fingerprint density at radius 2 is 1.67 bits per heavy atom. The van der Waals surface area contributed by atoms with E-state index in [1.165, 1.54) is 20.8 Å². The quantitative estimate of drug-likeness (QED) is 0.404. The van der Waals surface area contributed by atoms with Crippen LogP contribution in [0.2, 0.25) is 0 Å². The molecule has 0 saturated carbocycles. The number of carbonyl (C=O) groups is 2. The first-order valence-electron chi connectivity index (χ1n) is 5.22. The summed E-state index contributed by atoms with van der Waals surface area (Å²) in [6, 6.07) is 0. The monoisotopic (exact) mass is 258 g/mol. The van der Waals surface area contributed by atoms with Crippen LogP contribution in [-0.4, -0.2) is 40.6 Å². The SMILES string of the molecule is C=C(C)C(=O)OCC(O)(OC(=O)C(=C)C)C(C)O. The molecule has 0 bridgehead atoms. The average molecular weight is 258 g/mol. The van der Waals surface area contributed by atoms with Crippen LogP contribution < -0.4 is 0 Å². The molecule has 2 atom stereocenters. The highest BCUT2D eigenvalue weighted by molar-refractivity contribution is 5.88. The van der Waals surface area contributed by atoms with Crippen LogP contribution in [0, 0.1) is 0 Å². The standard InChI is InChI=1S/C12H18O6/c1-7(2)10(14)17-6-12(16,9(5)13)18-11(15)8(3)4/h9,13,16H,1,3,6H2,2,4-5H3. The van der Waals surface area contributed by atoms with Crippen molar-refractivity contribution < 1.29 is 29.3 Å². The third kappa shape index (κ3) is 4.68. The number of aliphatic hydroxyl groups excluding tert-OH is 1. The van der Waals surface area contributed by atoms with E-state index in [2.05, 4.69) is 22.6 Å². The molecule has 0 spiro atoms. The van der Waals surface area contributed by atoms with Gasteiger partial charge in [0.15, 0.2) is 6.61 Å². The van der Waals surface area contributed by atoms with E-state index in [-0.39, 0.29) is 11.1 Å². The van der Waals surface area contributed by atoms with Crippen LogP contribution in [-0.2, 0) is 19.1 Å². The molecule has 0 aromatic carbocycles. The predicted octanol–water partition coefficient (Wildman–Crippen LogP) is 0.294. The Morgan fingerprint density at radius 3 is 2.00 bits per heavy atom. The van der Waals surface area contributed by atoms with Crippen molar-refractivity contribution in [2.24, 2.45) is 0 Å². The number of ether oxygens (including phenoxy) is 2. The highest BCUT2D eigenvalue weighted by atomic mass is 16.7. The summed E-state index contributed by atoms with van der Waals surface area (Å²) < 4.78 is 9.31. The van der Waals surface area contributed by atoms with E-state index in [0.29, 0.717) is 0 Å². The Bertz CT molecular complexity index is 371. The van der Waals surface area contributed by atoms with Crippen LogP contribution in [0.5, 0.6) is 0 Å². The lowest BCUT2D eigenvalue weighted by molar-refractivity contribution is -0.258. The largest absolute Gasteiger partial charge is 0.455 e. The molecule has 2 unspecified atom stereocenters. The lowest BCUT2D eigenvalue weighted by atomic mass is 10.2. The molecule has 0 aliphatic heterocycles. The van der Waals surface area contributed by atoms with Crippen molar-refractivity contribution in [1.82, 2.24) is 0 Å². The van der Waals surface area contributed by atoms with Gasteiger partial charge in [-0.05, 0) is 20.8 Å². The van der Waals surface area contributed by atoms with Crippen molar-refractivity contribution in [3.8, 4) is 0 Å². The third-order valence-corrected chi connectivity index (χ3v) is 2.03. The van der Waals surface area contributed by atoms with Gasteiger partial charge < -0.3 is 19.7 Å². The fraction of sp³-hybridized carbons (Fsp3) is 0.500. The molecule has 0 amide bonds. The van der Waals surface area contributed by atoms with Crippen molar-refractivity contribution >= 4 is 11.9 Å². The summed E-state index contributed by atoms with van der Waals surface area (Å²) in [5.41, 5.74) is 0.162. The zero-order valence-electron chi connectivity index (χ0n) is 10.7. The number of rotatable bonds is 6. The van der Waals surface area contributed by atoms with Crippen LogP contribution in [0.1, 0.15) is 20.8 Å². The van der Waals surface area contributed by atoms with Gasteiger partial charge in [0.25, 0.3) is 5.79 Å². The predicted molar refractivity (Wildman–Crippen MR) is 63.3 cm³/mol. The van der Waals surface area contributed by atoms with E-state index in [9.17, 15) is 19.8 Å². The number of carbonyl (C=O) groups excluding carboxylic acids is 2. The van der Waals surface area contributed by atoms with Crippen molar-refractivity contribution in [3.63, 3.8) is 0 Å².